The van der Waals surface area contributed by atoms with Crippen LogP contribution >= 0.6 is 0 Å². The van der Waals surface area contributed by atoms with E-state index in [2.05, 4.69) is 14.7 Å². The fraction of sp³-hybridized carbons (Fsp3) is 0.474. The van der Waals surface area contributed by atoms with Gasteiger partial charge < -0.3 is 9.42 Å². The van der Waals surface area contributed by atoms with Crippen molar-refractivity contribution in [3.8, 4) is 0 Å². The maximum Gasteiger partial charge on any atom is 0.327 e. The number of halogens is 2. The number of pyridine rings is 1. The standard InChI is InChI=1S/C19H19F2N5O5S/c1-24-17-15(26(32(24,29)30)9-11-8-19(11,20)21)3-2-13(22-17)12-4-6-25(10-16(12)27)18(28)14-5-7-31-23-14/h2-3,5,7,11-12H,4,6,8-10H2,1H3. The second-order valence-corrected chi connectivity index (χ2v) is 10.1. The van der Waals surface area contributed by atoms with Gasteiger partial charge in [0.15, 0.2) is 17.3 Å². The molecule has 13 heteroatoms. The Hall–Kier alpha value is -3.09. The van der Waals surface area contributed by atoms with Crippen LogP contribution in [0.1, 0.15) is 34.9 Å². The minimum absolute atomic E-state index is 0.0976. The second kappa shape index (κ2) is 6.95. The maximum atomic E-state index is 13.4. The van der Waals surface area contributed by atoms with Crippen molar-refractivity contribution in [3.63, 3.8) is 0 Å². The van der Waals surface area contributed by atoms with E-state index in [9.17, 15) is 26.8 Å². The monoisotopic (exact) mass is 467 g/mol. The van der Waals surface area contributed by atoms with Crippen LogP contribution < -0.4 is 8.61 Å². The molecule has 1 amide bonds. The van der Waals surface area contributed by atoms with Crippen molar-refractivity contribution in [3.05, 3.63) is 35.9 Å². The minimum Gasteiger partial charge on any atom is -0.364 e. The summed E-state index contributed by atoms with van der Waals surface area (Å²) in [6.07, 6.45) is 1.24. The molecule has 1 saturated carbocycles. The highest BCUT2D eigenvalue weighted by Crippen LogP contribution is 2.51. The number of hydrogen-bond donors (Lipinski definition) is 0. The van der Waals surface area contributed by atoms with Gasteiger partial charge in [-0.1, -0.05) is 5.16 Å². The first-order chi connectivity index (χ1) is 15.1. The molecule has 0 radical (unpaired) electrons. The Labute approximate surface area is 182 Å². The summed E-state index contributed by atoms with van der Waals surface area (Å²) in [5.41, 5.74) is 0.702. The number of nitrogens with zero attached hydrogens (tertiary/aromatic N) is 5. The molecule has 3 aliphatic rings. The highest BCUT2D eigenvalue weighted by Gasteiger charge is 2.59. The van der Waals surface area contributed by atoms with Gasteiger partial charge in [0.25, 0.3) is 11.8 Å². The predicted molar refractivity (Wildman–Crippen MR) is 107 cm³/mol. The van der Waals surface area contributed by atoms with Gasteiger partial charge in [0.05, 0.1) is 23.8 Å². The van der Waals surface area contributed by atoms with E-state index in [0.717, 1.165) is 8.61 Å². The van der Waals surface area contributed by atoms with Crippen LogP contribution in [0.15, 0.2) is 29.0 Å². The zero-order chi connectivity index (χ0) is 22.8. The predicted octanol–water partition coefficient (Wildman–Crippen LogP) is 1.42. The number of amides is 1. The van der Waals surface area contributed by atoms with Crippen LogP contribution in [0.25, 0.3) is 0 Å². The van der Waals surface area contributed by atoms with Gasteiger partial charge in [0.1, 0.15) is 6.26 Å². The third kappa shape index (κ3) is 3.22. The fourth-order valence-corrected chi connectivity index (χ4v) is 5.52. The zero-order valence-corrected chi connectivity index (χ0v) is 17.8. The normalized spacial score (nSPS) is 25.7. The van der Waals surface area contributed by atoms with Gasteiger partial charge in [-0.15, -0.1) is 0 Å². The first-order valence-electron chi connectivity index (χ1n) is 9.97. The topological polar surface area (TPSA) is 117 Å². The van der Waals surface area contributed by atoms with E-state index in [0.29, 0.717) is 12.1 Å². The summed E-state index contributed by atoms with van der Waals surface area (Å²) in [5, 5.41) is 3.59. The minimum atomic E-state index is -4.02. The molecule has 1 saturated heterocycles. The highest BCUT2D eigenvalue weighted by molar-refractivity contribution is 7.94. The van der Waals surface area contributed by atoms with E-state index in [-0.39, 0.29) is 49.0 Å². The molecular weight excluding hydrogens is 448 g/mol. The fourth-order valence-electron chi connectivity index (χ4n) is 4.11. The van der Waals surface area contributed by atoms with E-state index >= 15 is 0 Å². The summed E-state index contributed by atoms with van der Waals surface area (Å²) in [6.45, 7) is -0.167. The smallest absolute Gasteiger partial charge is 0.327 e. The lowest BCUT2D eigenvalue weighted by molar-refractivity contribution is -0.123. The van der Waals surface area contributed by atoms with Crippen LogP contribution in [0.5, 0.6) is 0 Å². The molecule has 2 aliphatic heterocycles. The number of piperidine rings is 1. The number of ketones is 1. The molecule has 2 fully saturated rings. The van der Waals surface area contributed by atoms with Gasteiger partial charge in [-0.2, -0.15) is 8.42 Å². The molecule has 0 bridgehead atoms. The second-order valence-electron chi connectivity index (χ2n) is 8.17. The lowest BCUT2D eigenvalue weighted by Gasteiger charge is -2.30. The molecule has 0 spiro atoms. The molecule has 4 heterocycles. The van der Waals surface area contributed by atoms with Crippen LogP contribution in [0.3, 0.4) is 0 Å². The number of fused-ring (bicyclic) bond motifs is 1. The van der Waals surface area contributed by atoms with Crippen LogP contribution in [0.2, 0.25) is 0 Å². The van der Waals surface area contributed by atoms with Gasteiger partial charge in [0.2, 0.25) is 0 Å². The number of likely N-dealkylation sites (tertiary alicyclic amines) is 1. The van der Waals surface area contributed by atoms with Gasteiger partial charge in [-0.05, 0) is 18.6 Å². The Bertz CT molecular complexity index is 1200. The van der Waals surface area contributed by atoms with Crippen molar-refractivity contribution in [1.82, 2.24) is 15.0 Å². The molecule has 10 nitrogen and oxygen atoms in total. The average molecular weight is 467 g/mol. The summed E-state index contributed by atoms with van der Waals surface area (Å²) in [4.78, 5) is 30.9. The Balaban J connectivity index is 1.36. The number of hydrogen-bond acceptors (Lipinski definition) is 7. The first kappa shape index (κ1) is 20.8. The van der Waals surface area contributed by atoms with Crippen LogP contribution in [0, 0.1) is 5.92 Å². The summed E-state index contributed by atoms with van der Waals surface area (Å²) in [7, 11) is -2.72. The summed E-state index contributed by atoms with van der Waals surface area (Å²) >= 11 is 0. The summed E-state index contributed by atoms with van der Waals surface area (Å²) in [5.74, 6) is -5.04. The van der Waals surface area contributed by atoms with Gasteiger partial charge in [-0.25, -0.2) is 22.4 Å². The van der Waals surface area contributed by atoms with Crippen molar-refractivity contribution in [2.45, 2.75) is 24.7 Å². The Morgan fingerprint density at radius 1 is 1.31 bits per heavy atom. The third-order valence-electron chi connectivity index (χ3n) is 6.13. The van der Waals surface area contributed by atoms with Crippen molar-refractivity contribution in [1.29, 1.82) is 0 Å². The van der Waals surface area contributed by atoms with Gasteiger partial charge >= 0.3 is 10.2 Å². The highest BCUT2D eigenvalue weighted by atomic mass is 32.2. The summed E-state index contributed by atoms with van der Waals surface area (Å²) < 4.78 is 58.8. The number of alkyl halides is 2. The number of carbonyl (C=O) groups excluding carboxylic acids is 2. The molecule has 2 atom stereocenters. The van der Waals surface area contributed by atoms with Crippen molar-refractivity contribution in [2.75, 3.05) is 35.3 Å². The average Bonchev–Trinajstić information content (AvgIpc) is 3.09. The molecule has 32 heavy (non-hydrogen) atoms. The van der Waals surface area contributed by atoms with E-state index in [4.69, 9.17) is 0 Å². The van der Waals surface area contributed by atoms with E-state index in [1.165, 1.54) is 30.3 Å². The largest absolute Gasteiger partial charge is 0.364 e. The SMILES string of the molecule is CN1c2nc(C3CCN(C(=O)c4ccon4)CC3=O)ccc2N(CC2CC2(F)F)S1(=O)=O. The summed E-state index contributed by atoms with van der Waals surface area (Å²) in [6, 6.07) is 4.46. The Morgan fingerprint density at radius 2 is 2.06 bits per heavy atom. The number of aromatic nitrogens is 2. The molecule has 0 N–H and O–H groups in total. The Morgan fingerprint density at radius 3 is 2.69 bits per heavy atom. The number of carbonyl (C=O) groups is 2. The molecule has 2 aromatic rings. The zero-order valence-electron chi connectivity index (χ0n) is 16.9. The quantitative estimate of drug-likeness (QED) is 0.668. The molecule has 2 aromatic heterocycles. The van der Waals surface area contributed by atoms with Crippen molar-refractivity contribution >= 4 is 33.4 Å². The van der Waals surface area contributed by atoms with Gasteiger partial charge in [-0.3, -0.25) is 9.59 Å². The maximum absolute atomic E-state index is 13.4. The molecular formula is C19H19F2N5O5S. The lowest BCUT2D eigenvalue weighted by atomic mass is 9.91. The number of Topliss-reactive ketones (excluding diaryl/α,β-unsaturated/α-hetero) is 1. The number of rotatable bonds is 4. The van der Waals surface area contributed by atoms with E-state index in [1.807, 2.05) is 0 Å². The third-order valence-corrected chi connectivity index (χ3v) is 7.90. The Kier molecular flexibility index (Phi) is 4.52. The molecule has 170 valence electrons. The molecule has 5 rings (SSSR count). The van der Waals surface area contributed by atoms with Gasteiger partial charge in [0, 0.05) is 38.5 Å². The lowest BCUT2D eigenvalue weighted by Crippen LogP contribution is -2.43. The van der Waals surface area contributed by atoms with E-state index in [1.54, 1.807) is 6.07 Å². The molecule has 1 aliphatic carbocycles. The van der Waals surface area contributed by atoms with Crippen LogP contribution in [0.4, 0.5) is 20.3 Å². The molecule has 0 aromatic carbocycles. The molecule has 2 unspecified atom stereocenters. The van der Waals surface area contributed by atoms with Crippen LogP contribution in [-0.2, 0) is 15.0 Å². The number of anilines is 2. The van der Waals surface area contributed by atoms with Crippen molar-refractivity contribution in [2.24, 2.45) is 5.92 Å². The first-order valence-corrected chi connectivity index (χ1v) is 11.4. The van der Waals surface area contributed by atoms with Crippen LogP contribution in [-0.4, -0.2) is 67.8 Å². The van der Waals surface area contributed by atoms with Crippen molar-refractivity contribution < 1.29 is 31.3 Å². The van der Waals surface area contributed by atoms with E-state index < -0.39 is 33.9 Å².